The van der Waals surface area contributed by atoms with Crippen molar-refractivity contribution in [3.63, 3.8) is 0 Å². The molecule has 0 unspecified atom stereocenters. The van der Waals surface area contributed by atoms with Crippen molar-refractivity contribution in [3.05, 3.63) is 59.4 Å². The summed E-state index contributed by atoms with van der Waals surface area (Å²) in [6.45, 7) is 1.79. The molecule has 0 bridgehead atoms. The van der Waals surface area contributed by atoms with Gasteiger partial charge in [-0.3, -0.25) is 4.79 Å². The summed E-state index contributed by atoms with van der Waals surface area (Å²) in [4.78, 5) is 14.0. The van der Waals surface area contributed by atoms with E-state index in [2.05, 4.69) is 10.5 Å². The van der Waals surface area contributed by atoms with Crippen molar-refractivity contribution in [3.8, 4) is 5.75 Å². The second kappa shape index (κ2) is 8.47. The van der Waals surface area contributed by atoms with Gasteiger partial charge in [-0.1, -0.05) is 18.2 Å². The largest absolute Gasteiger partial charge is 0.497 e. The number of carbonyl (C=O) groups is 1. The molecule has 1 saturated heterocycles. The number of ether oxygens (including phenoxy) is 1. The summed E-state index contributed by atoms with van der Waals surface area (Å²) in [5, 5.41) is 3.91. The van der Waals surface area contributed by atoms with Crippen LogP contribution >= 0.6 is 0 Å². The van der Waals surface area contributed by atoms with Crippen LogP contribution < -0.4 is 15.1 Å². The number of nitrogens with one attached hydrogen (secondary N) is 1. The zero-order valence-electron chi connectivity index (χ0n) is 14.7. The highest BCUT2D eigenvalue weighted by Gasteiger charge is 2.15. The number of nitrogens with zero attached hydrogens (tertiary/aromatic N) is 2. The third-order valence-electron chi connectivity index (χ3n) is 4.35. The second-order valence-corrected chi connectivity index (χ2v) is 6.22. The van der Waals surface area contributed by atoms with Crippen molar-refractivity contribution in [1.82, 2.24) is 5.43 Å². The third-order valence-corrected chi connectivity index (χ3v) is 4.35. The molecule has 1 aliphatic rings. The van der Waals surface area contributed by atoms with Gasteiger partial charge in [0.25, 0.3) is 0 Å². The van der Waals surface area contributed by atoms with Gasteiger partial charge in [-0.2, -0.15) is 5.10 Å². The van der Waals surface area contributed by atoms with Crippen molar-refractivity contribution in [1.29, 1.82) is 0 Å². The molecule has 2 aromatic rings. The maximum Gasteiger partial charge on any atom is 0.244 e. The molecule has 136 valence electrons. The Bertz CT molecular complexity index is 784. The molecule has 0 aliphatic carbocycles. The number of halogens is 1. The highest BCUT2D eigenvalue weighted by molar-refractivity contribution is 5.83. The Balaban J connectivity index is 1.54. The van der Waals surface area contributed by atoms with E-state index in [-0.39, 0.29) is 18.1 Å². The van der Waals surface area contributed by atoms with Gasteiger partial charge in [0.15, 0.2) is 0 Å². The second-order valence-electron chi connectivity index (χ2n) is 6.22. The van der Waals surface area contributed by atoms with E-state index in [1.165, 1.54) is 12.3 Å². The van der Waals surface area contributed by atoms with Crippen LogP contribution in [0.4, 0.5) is 10.1 Å². The summed E-state index contributed by atoms with van der Waals surface area (Å²) in [6.07, 6.45) is 3.86. The molecule has 0 radical (unpaired) electrons. The zero-order valence-corrected chi connectivity index (χ0v) is 14.7. The first-order valence-electron chi connectivity index (χ1n) is 8.65. The zero-order chi connectivity index (χ0) is 18.4. The minimum absolute atomic E-state index is 0.212. The van der Waals surface area contributed by atoms with Crippen LogP contribution in [0, 0.1) is 5.82 Å². The maximum absolute atomic E-state index is 14.2. The number of methoxy groups -OCH3 is 1. The summed E-state index contributed by atoms with van der Waals surface area (Å²) in [5.41, 5.74) is 4.56. The number of amides is 1. The average molecular weight is 355 g/mol. The third kappa shape index (κ3) is 4.59. The topological polar surface area (TPSA) is 53.9 Å². The molecule has 0 atom stereocenters. The first-order chi connectivity index (χ1) is 12.7. The van der Waals surface area contributed by atoms with E-state index in [4.69, 9.17) is 4.74 Å². The standard InChI is InChI=1S/C20H22FN3O2/c1-26-17-7-4-15(5-8-17)13-20(25)23-22-14-16-6-9-19(18(21)12-16)24-10-2-3-11-24/h4-9,12,14H,2-3,10-11,13H2,1H3,(H,23,25)/b22-14+. The van der Waals surface area contributed by atoms with Crippen LogP contribution in [-0.4, -0.2) is 32.3 Å². The van der Waals surface area contributed by atoms with Crippen molar-refractivity contribution in [2.24, 2.45) is 5.10 Å². The van der Waals surface area contributed by atoms with Crippen molar-refractivity contribution < 1.29 is 13.9 Å². The quantitative estimate of drug-likeness (QED) is 0.640. The minimum Gasteiger partial charge on any atom is -0.497 e. The highest BCUT2D eigenvalue weighted by atomic mass is 19.1. The molecule has 3 rings (SSSR count). The number of hydrazone groups is 1. The molecule has 1 aliphatic heterocycles. The summed E-state index contributed by atoms with van der Waals surface area (Å²) in [5.74, 6) is 0.243. The summed E-state index contributed by atoms with van der Waals surface area (Å²) in [6, 6.07) is 12.3. The SMILES string of the molecule is COc1ccc(CC(=O)N/N=C/c2ccc(N3CCCC3)c(F)c2)cc1. The Morgan fingerprint density at radius 1 is 1.23 bits per heavy atom. The van der Waals surface area contributed by atoms with E-state index >= 15 is 0 Å². The van der Waals surface area contributed by atoms with E-state index in [1.807, 2.05) is 17.0 Å². The molecule has 0 aromatic heterocycles. The maximum atomic E-state index is 14.2. The highest BCUT2D eigenvalue weighted by Crippen LogP contribution is 2.23. The molecule has 5 nitrogen and oxygen atoms in total. The normalized spacial score (nSPS) is 14.0. The van der Waals surface area contributed by atoms with Crippen molar-refractivity contribution in [2.45, 2.75) is 19.3 Å². The average Bonchev–Trinajstić information content (AvgIpc) is 3.17. The summed E-state index contributed by atoms with van der Waals surface area (Å²) in [7, 11) is 1.59. The van der Waals surface area contributed by atoms with Crippen LogP contribution in [0.5, 0.6) is 5.75 Å². The smallest absolute Gasteiger partial charge is 0.244 e. The van der Waals surface area contributed by atoms with Gasteiger partial charge in [0, 0.05) is 13.1 Å². The van der Waals surface area contributed by atoms with Gasteiger partial charge < -0.3 is 9.64 Å². The summed E-state index contributed by atoms with van der Waals surface area (Å²) < 4.78 is 19.3. The van der Waals surface area contributed by atoms with Crippen LogP contribution in [0.1, 0.15) is 24.0 Å². The van der Waals surface area contributed by atoms with Crippen molar-refractivity contribution >= 4 is 17.8 Å². The van der Waals surface area contributed by atoms with Gasteiger partial charge in [0.1, 0.15) is 11.6 Å². The molecule has 1 fully saturated rings. The fourth-order valence-electron chi connectivity index (χ4n) is 2.97. The molecule has 1 amide bonds. The van der Waals surface area contributed by atoms with Gasteiger partial charge in [-0.25, -0.2) is 9.82 Å². The monoisotopic (exact) mass is 355 g/mol. The molecule has 1 heterocycles. The van der Waals surface area contributed by atoms with Crippen molar-refractivity contribution in [2.75, 3.05) is 25.1 Å². The lowest BCUT2D eigenvalue weighted by Gasteiger charge is -2.18. The summed E-state index contributed by atoms with van der Waals surface area (Å²) >= 11 is 0. The number of hydrogen-bond donors (Lipinski definition) is 1. The Morgan fingerprint density at radius 2 is 1.96 bits per heavy atom. The molecule has 6 heteroatoms. The lowest BCUT2D eigenvalue weighted by atomic mass is 10.1. The van der Waals surface area contributed by atoms with E-state index in [1.54, 1.807) is 31.4 Å². The van der Waals surface area contributed by atoms with Gasteiger partial charge in [-0.05, 0) is 48.2 Å². The van der Waals surface area contributed by atoms with E-state index < -0.39 is 0 Å². The molecule has 0 spiro atoms. The molecule has 1 N–H and O–H groups in total. The van der Waals surface area contributed by atoms with E-state index in [0.29, 0.717) is 11.3 Å². The first-order valence-corrected chi connectivity index (χ1v) is 8.65. The van der Waals surface area contributed by atoms with Crippen LogP contribution in [0.3, 0.4) is 0 Å². The molecule has 26 heavy (non-hydrogen) atoms. The van der Waals surface area contributed by atoms with Crippen LogP contribution in [0.15, 0.2) is 47.6 Å². The van der Waals surface area contributed by atoms with Crippen LogP contribution in [-0.2, 0) is 11.2 Å². The number of carbonyl (C=O) groups excluding carboxylic acids is 1. The predicted octanol–water partition coefficient (Wildman–Crippen LogP) is 3.13. The Morgan fingerprint density at radius 3 is 2.62 bits per heavy atom. The van der Waals surface area contributed by atoms with Crippen LogP contribution in [0.2, 0.25) is 0 Å². The number of hydrogen-bond acceptors (Lipinski definition) is 4. The van der Waals surface area contributed by atoms with E-state index in [9.17, 15) is 9.18 Å². The van der Waals surface area contributed by atoms with Gasteiger partial charge in [0.05, 0.1) is 25.4 Å². The number of anilines is 1. The Labute approximate surface area is 152 Å². The Kier molecular flexibility index (Phi) is 5.84. The molecule has 2 aromatic carbocycles. The molecule has 0 saturated carbocycles. The van der Waals surface area contributed by atoms with Gasteiger partial charge >= 0.3 is 0 Å². The van der Waals surface area contributed by atoms with Gasteiger partial charge in [0.2, 0.25) is 5.91 Å². The number of benzene rings is 2. The lowest BCUT2D eigenvalue weighted by Crippen LogP contribution is -2.20. The predicted molar refractivity (Wildman–Crippen MR) is 100 cm³/mol. The molecular formula is C20H22FN3O2. The molecular weight excluding hydrogens is 333 g/mol. The Hall–Kier alpha value is -2.89. The van der Waals surface area contributed by atoms with Crippen LogP contribution in [0.25, 0.3) is 0 Å². The fraction of sp³-hybridized carbons (Fsp3) is 0.300. The lowest BCUT2D eigenvalue weighted by molar-refractivity contribution is -0.120. The number of rotatable bonds is 6. The fourth-order valence-corrected chi connectivity index (χ4v) is 2.97. The van der Waals surface area contributed by atoms with E-state index in [0.717, 1.165) is 37.2 Å². The van der Waals surface area contributed by atoms with Gasteiger partial charge in [-0.15, -0.1) is 0 Å². The minimum atomic E-state index is -0.264. The first kappa shape index (κ1) is 17.9.